The SMILES string of the molecule is Oc1ccc(CNc2cccnc2Br)cc1F. The summed E-state index contributed by atoms with van der Waals surface area (Å²) >= 11 is 3.31. The smallest absolute Gasteiger partial charge is 0.165 e. The van der Waals surface area contributed by atoms with Gasteiger partial charge in [0.05, 0.1) is 5.69 Å². The van der Waals surface area contributed by atoms with Crippen molar-refractivity contribution in [2.24, 2.45) is 0 Å². The van der Waals surface area contributed by atoms with Gasteiger partial charge in [-0.2, -0.15) is 0 Å². The van der Waals surface area contributed by atoms with Crippen LogP contribution < -0.4 is 5.32 Å². The summed E-state index contributed by atoms with van der Waals surface area (Å²) in [6, 6.07) is 7.98. The van der Waals surface area contributed by atoms with Crippen LogP contribution in [0, 0.1) is 5.82 Å². The largest absolute Gasteiger partial charge is 0.505 e. The number of aromatic nitrogens is 1. The highest BCUT2D eigenvalue weighted by molar-refractivity contribution is 9.10. The Balaban J connectivity index is 2.08. The maximum Gasteiger partial charge on any atom is 0.165 e. The monoisotopic (exact) mass is 296 g/mol. The van der Waals surface area contributed by atoms with Crippen LogP contribution in [0.25, 0.3) is 0 Å². The van der Waals surface area contributed by atoms with Crippen LogP contribution in [0.3, 0.4) is 0 Å². The molecule has 17 heavy (non-hydrogen) atoms. The number of phenolic OH excluding ortho intramolecular Hbond substituents is 1. The zero-order valence-electron chi connectivity index (χ0n) is 8.82. The van der Waals surface area contributed by atoms with E-state index in [0.29, 0.717) is 11.1 Å². The van der Waals surface area contributed by atoms with Gasteiger partial charge in [0, 0.05) is 12.7 Å². The van der Waals surface area contributed by atoms with Crippen LogP contribution >= 0.6 is 15.9 Å². The van der Waals surface area contributed by atoms with Gasteiger partial charge in [0.1, 0.15) is 4.60 Å². The molecule has 1 aromatic carbocycles. The van der Waals surface area contributed by atoms with Gasteiger partial charge in [0.2, 0.25) is 0 Å². The van der Waals surface area contributed by atoms with E-state index in [-0.39, 0.29) is 5.75 Å². The second-order valence-corrected chi connectivity index (χ2v) is 4.23. The fourth-order valence-electron chi connectivity index (χ4n) is 1.38. The summed E-state index contributed by atoms with van der Waals surface area (Å²) in [6.07, 6.45) is 1.68. The Kier molecular flexibility index (Phi) is 3.58. The molecule has 0 aliphatic heterocycles. The van der Waals surface area contributed by atoms with Gasteiger partial charge in [-0.1, -0.05) is 6.07 Å². The van der Waals surface area contributed by atoms with Crippen LogP contribution in [0.15, 0.2) is 41.1 Å². The Hall–Kier alpha value is -1.62. The normalized spacial score (nSPS) is 10.2. The van der Waals surface area contributed by atoms with Crippen molar-refractivity contribution in [2.45, 2.75) is 6.54 Å². The van der Waals surface area contributed by atoms with Crippen molar-refractivity contribution in [3.8, 4) is 5.75 Å². The number of anilines is 1. The highest BCUT2D eigenvalue weighted by Gasteiger charge is 2.03. The molecule has 0 amide bonds. The highest BCUT2D eigenvalue weighted by Crippen LogP contribution is 2.20. The summed E-state index contributed by atoms with van der Waals surface area (Å²) in [5.74, 6) is -0.953. The lowest BCUT2D eigenvalue weighted by atomic mass is 10.2. The Labute approximate surface area is 106 Å². The summed E-state index contributed by atoms with van der Waals surface area (Å²) in [4.78, 5) is 4.06. The number of benzene rings is 1. The lowest BCUT2D eigenvalue weighted by Crippen LogP contribution is -2.01. The molecule has 1 heterocycles. The van der Waals surface area contributed by atoms with E-state index < -0.39 is 5.82 Å². The molecule has 2 N–H and O–H groups in total. The summed E-state index contributed by atoms with van der Waals surface area (Å²) in [5, 5.41) is 12.2. The maximum atomic E-state index is 13.1. The quantitative estimate of drug-likeness (QED) is 0.854. The first-order chi connectivity index (χ1) is 8.16. The number of nitrogens with zero attached hydrogens (tertiary/aromatic N) is 1. The van der Waals surface area contributed by atoms with Crippen LogP contribution in [0.5, 0.6) is 5.75 Å². The molecule has 5 heteroatoms. The van der Waals surface area contributed by atoms with Gasteiger partial charge in [-0.05, 0) is 45.8 Å². The molecule has 88 valence electrons. The number of halogens is 2. The third-order valence-electron chi connectivity index (χ3n) is 2.25. The van der Waals surface area contributed by atoms with Crippen molar-refractivity contribution in [1.82, 2.24) is 4.98 Å². The van der Waals surface area contributed by atoms with Crippen molar-refractivity contribution in [2.75, 3.05) is 5.32 Å². The Morgan fingerprint density at radius 2 is 2.18 bits per heavy atom. The fourth-order valence-corrected chi connectivity index (χ4v) is 1.77. The van der Waals surface area contributed by atoms with Gasteiger partial charge in [-0.3, -0.25) is 0 Å². The van der Waals surface area contributed by atoms with E-state index in [0.717, 1.165) is 11.3 Å². The number of aromatic hydroxyl groups is 1. The highest BCUT2D eigenvalue weighted by atomic mass is 79.9. The van der Waals surface area contributed by atoms with E-state index in [9.17, 15) is 4.39 Å². The zero-order chi connectivity index (χ0) is 12.3. The molecule has 0 saturated heterocycles. The molecule has 0 aliphatic carbocycles. The molecular formula is C12H10BrFN2O. The number of hydrogen-bond acceptors (Lipinski definition) is 3. The molecule has 0 aliphatic rings. The van der Waals surface area contributed by atoms with Gasteiger partial charge in [0.15, 0.2) is 11.6 Å². The van der Waals surface area contributed by atoms with Crippen molar-refractivity contribution in [3.05, 3.63) is 52.5 Å². The number of phenols is 1. The summed E-state index contributed by atoms with van der Waals surface area (Å²) in [6.45, 7) is 0.460. The van der Waals surface area contributed by atoms with Crippen molar-refractivity contribution >= 4 is 21.6 Å². The first-order valence-corrected chi connectivity index (χ1v) is 5.78. The van der Waals surface area contributed by atoms with Crippen LogP contribution in [-0.4, -0.2) is 10.1 Å². The average molecular weight is 297 g/mol. The molecule has 2 aromatic rings. The van der Waals surface area contributed by atoms with E-state index in [4.69, 9.17) is 5.11 Å². The van der Waals surface area contributed by atoms with E-state index in [1.807, 2.05) is 12.1 Å². The average Bonchev–Trinajstić information content (AvgIpc) is 2.32. The standard InChI is InChI=1S/C12H10BrFN2O/c13-12-10(2-1-5-15-12)16-7-8-3-4-11(17)9(14)6-8/h1-6,16-17H,7H2. The molecule has 0 spiro atoms. The van der Waals surface area contributed by atoms with Crippen molar-refractivity contribution < 1.29 is 9.50 Å². The van der Waals surface area contributed by atoms with E-state index >= 15 is 0 Å². The van der Waals surface area contributed by atoms with Crippen LogP contribution in [0.2, 0.25) is 0 Å². The second kappa shape index (κ2) is 5.14. The van der Waals surface area contributed by atoms with Crippen molar-refractivity contribution in [3.63, 3.8) is 0 Å². The molecule has 0 unspecified atom stereocenters. The minimum atomic E-state index is -0.616. The number of nitrogens with one attached hydrogen (secondary N) is 1. The third-order valence-corrected chi connectivity index (χ3v) is 2.89. The summed E-state index contributed by atoms with van der Waals surface area (Å²) in [7, 11) is 0. The predicted molar refractivity (Wildman–Crippen MR) is 67.3 cm³/mol. The predicted octanol–water partition coefficient (Wildman–Crippen LogP) is 3.30. The van der Waals surface area contributed by atoms with Gasteiger partial charge in [-0.25, -0.2) is 9.37 Å². The van der Waals surface area contributed by atoms with Crippen LogP contribution in [0.1, 0.15) is 5.56 Å². The van der Waals surface area contributed by atoms with Crippen LogP contribution in [0.4, 0.5) is 10.1 Å². The Morgan fingerprint density at radius 3 is 2.88 bits per heavy atom. The molecule has 1 aromatic heterocycles. The zero-order valence-corrected chi connectivity index (χ0v) is 10.4. The van der Waals surface area contributed by atoms with Gasteiger partial charge < -0.3 is 10.4 Å². The molecule has 3 nitrogen and oxygen atoms in total. The molecule has 0 saturated carbocycles. The molecule has 0 fully saturated rings. The number of pyridine rings is 1. The lowest BCUT2D eigenvalue weighted by molar-refractivity contribution is 0.432. The molecule has 2 rings (SSSR count). The van der Waals surface area contributed by atoms with Gasteiger partial charge in [-0.15, -0.1) is 0 Å². The number of rotatable bonds is 3. The lowest BCUT2D eigenvalue weighted by Gasteiger charge is -2.08. The first-order valence-electron chi connectivity index (χ1n) is 4.98. The maximum absolute atomic E-state index is 13.1. The summed E-state index contributed by atoms with van der Waals surface area (Å²) < 4.78 is 13.8. The third kappa shape index (κ3) is 2.94. The summed E-state index contributed by atoms with van der Waals surface area (Å²) in [5.41, 5.74) is 1.58. The van der Waals surface area contributed by atoms with Gasteiger partial charge >= 0.3 is 0 Å². The first kappa shape index (κ1) is 11.9. The minimum Gasteiger partial charge on any atom is -0.505 e. The second-order valence-electron chi connectivity index (χ2n) is 3.48. The fraction of sp³-hybridized carbons (Fsp3) is 0.0833. The molecule has 0 radical (unpaired) electrons. The van der Waals surface area contributed by atoms with Crippen molar-refractivity contribution in [1.29, 1.82) is 0 Å². The molecular weight excluding hydrogens is 287 g/mol. The van der Waals surface area contributed by atoms with E-state index in [1.54, 1.807) is 12.3 Å². The Bertz CT molecular complexity index is 534. The van der Waals surface area contributed by atoms with E-state index in [2.05, 4.69) is 26.2 Å². The van der Waals surface area contributed by atoms with Gasteiger partial charge in [0.25, 0.3) is 0 Å². The molecule has 0 bridgehead atoms. The van der Waals surface area contributed by atoms with E-state index in [1.165, 1.54) is 12.1 Å². The number of hydrogen-bond donors (Lipinski definition) is 2. The topological polar surface area (TPSA) is 45.1 Å². The van der Waals surface area contributed by atoms with Crippen LogP contribution in [-0.2, 0) is 6.54 Å². The molecule has 0 atom stereocenters. The Morgan fingerprint density at radius 1 is 1.35 bits per heavy atom. The minimum absolute atomic E-state index is 0.337.